The van der Waals surface area contributed by atoms with Crippen LogP contribution in [0.5, 0.6) is 5.75 Å². The van der Waals surface area contributed by atoms with E-state index >= 15 is 0 Å². The Kier molecular flexibility index (Phi) is 5.28. The number of hydrogen-bond acceptors (Lipinski definition) is 3. The van der Waals surface area contributed by atoms with Crippen molar-refractivity contribution >= 4 is 0 Å². The standard InChI is InChI=1S/C18H30N2O/c1-14-8-7-11-20(15(14)2)18(3,13-19)12-16-9-5-6-10-17(16)21-4/h5-6,9-10,14-15H,7-8,11-13,19H2,1-4H3. The Morgan fingerprint density at radius 1 is 1.33 bits per heavy atom. The number of likely N-dealkylation sites (tertiary alicyclic amines) is 1. The van der Waals surface area contributed by atoms with Gasteiger partial charge in [-0.1, -0.05) is 25.1 Å². The van der Waals surface area contributed by atoms with Crippen molar-refractivity contribution in [1.82, 2.24) is 4.90 Å². The second-order valence-corrected chi connectivity index (χ2v) is 6.74. The van der Waals surface area contributed by atoms with E-state index in [-0.39, 0.29) is 5.54 Å². The minimum atomic E-state index is -0.0112. The molecule has 118 valence electrons. The fourth-order valence-electron chi connectivity index (χ4n) is 3.65. The zero-order valence-electron chi connectivity index (χ0n) is 13.9. The average molecular weight is 290 g/mol. The van der Waals surface area contributed by atoms with Crippen LogP contribution in [0.1, 0.15) is 39.2 Å². The van der Waals surface area contributed by atoms with E-state index in [2.05, 4.69) is 37.8 Å². The number of benzene rings is 1. The van der Waals surface area contributed by atoms with Gasteiger partial charge in [0, 0.05) is 18.1 Å². The molecule has 0 aliphatic carbocycles. The maximum absolute atomic E-state index is 6.20. The minimum Gasteiger partial charge on any atom is -0.496 e. The summed E-state index contributed by atoms with van der Waals surface area (Å²) in [6.45, 7) is 8.82. The Bertz CT molecular complexity index is 462. The van der Waals surface area contributed by atoms with Crippen LogP contribution in [0.15, 0.2) is 24.3 Å². The van der Waals surface area contributed by atoms with Crippen LogP contribution in [0.3, 0.4) is 0 Å². The van der Waals surface area contributed by atoms with Crippen LogP contribution in [0, 0.1) is 5.92 Å². The van der Waals surface area contributed by atoms with Gasteiger partial charge in [0.2, 0.25) is 0 Å². The highest BCUT2D eigenvalue weighted by Crippen LogP contribution is 2.33. The van der Waals surface area contributed by atoms with E-state index in [1.165, 1.54) is 18.4 Å². The summed E-state index contributed by atoms with van der Waals surface area (Å²) < 4.78 is 5.51. The van der Waals surface area contributed by atoms with E-state index in [1.54, 1.807) is 7.11 Å². The number of para-hydroxylation sites is 1. The minimum absolute atomic E-state index is 0.0112. The quantitative estimate of drug-likeness (QED) is 0.905. The zero-order chi connectivity index (χ0) is 15.5. The van der Waals surface area contributed by atoms with Gasteiger partial charge in [-0.15, -0.1) is 0 Å². The second kappa shape index (κ2) is 6.80. The average Bonchev–Trinajstić information content (AvgIpc) is 2.50. The molecule has 21 heavy (non-hydrogen) atoms. The largest absolute Gasteiger partial charge is 0.496 e. The van der Waals surface area contributed by atoms with Gasteiger partial charge in [-0.05, 0) is 57.2 Å². The summed E-state index contributed by atoms with van der Waals surface area (Å²) >= 11 is 0. The first-order valence-electron chi connectivity index (χ1n) is 8.10. The molecule has 1 aromatic rings. The van der Waals surface area contributed by atoms with Crippen molar-refractivity contribution in [2.24, 2.45) is 11.7 Å². The molecule has 2 N–H and O–H groups in total. The first-order valence-corrected chi connectivity index (χ1v) is 8.10. The van der Waals surface area contributed by atoms with Gasteiger partial charge in [0.1, 0.15) is 5.75 Å². The number of rotatable bonds is 5. The van der Waals surface area contributed by atoms with Gasteiger partial charge in [0.25, 0.3) is 0 Å². The molecule has 3 nitrogen and oxygen atoms in total. The molecule has 0 bridgehead atoms. The van der Waals surface area contributed by atoms with Crippen LogP contribution in [0.25, 0.3) is 0 Å². The van der Waals surface area contributed by atoms with Crippen molar-refractivity contribution in [2.75, 3.05) is 20.2 Å². The van der Waals surface area contributed by atoms with E-state index in [9.17, 15) is 0 Å². The van der Waals surface area contributed by atoms with Gasteiger partial charge in [0.15, 0.2) is 0 Å². The number of methoxy groups -OCH3 is 1. The lowest BCUT2D eigenvalue weighted by atomic mass is 9.83. The highest BCUT2D eigenvalue weighted by Gasteiger charge is 2.38. The Balaban J connectivity index is 2.24. The maximum atomic E-state index is 6.20. The van der Waals surface area contributed by atoms with E-state index in [1.807, 2.05) is 12.1 Å². The maximum Gasteiger partial charge on any atom is 0.122 e. The first-order chi connectivity index (χ1) is 10.0. The summed E-state index contributed by atoms with van der Waals surface area (Å²) in [5, 5.41) is 0. The number of nitrogens with two attached hydrogens (primary N) is 1. The Morgan fingerprint density at radius 3 is 2.71 bits per heavy atom. The van der Waals surface area contributed by atoms with Gasteiger partial charge >= 0.3 is 0 Å². The van der Waals surface area contributed by atoms with Gasteiger partial charge < -0.3 is 10.5 Å². The van der Waals surface area contributed by atoms with E-state index in [0.29, 0.717) is 12.6 Å². The van der Waals surface area contributed by atoms with Crippen molar-refractivity contribution < 1.29 is 4.74 Å². The van der Waals surface area contributed by atoms with Crippen LogP contribution >= 0.6 is 0 Å². The Hall–Kier alpha value is -1.06. The molecule has 0 saturated carbocycles. The molecule has 1 aromatic carbocycles. The van der Waals surface area contributed by atoms with E-state index in [0.717, 1.165) is 24.6 Å². The van der Waals surface area contributed by atoms with Crippen molar-refractivity contribution in [2.45, 2.75) is 51.6 Å². The van der Waals surface area contributed by atoms with Gasteiger partial charge in [0.05, 0.1) is 7.11 Å². The Labute approximate surface area is 129 Å². The van der Waals surface area contributed by atoms with Gasteiger partial charge in [-0.2, -0.15) is 0 Å². The molecule has 0 aromatic heterocycles. The lowest BCUT2D eigenvalue weighted by Gasteiger charge is -2.49. The van der Waals surface area contributed by atoms with Crippen molar-refractivity contribution in [3.63, 3.8) is 0 Å². The van der Waals surface area contributed by atoms with Crippen LogP contribution in [0.4, 0.5) is 0 Å². The molecule has 1 heterocycles. The number of hydrogen-bond donors (Lipinski definition) is 1. The molecular weight excluding hydrogens is 260 g/mol. The molecule has 1 saturated heterocycles. The summed E-state index contributed by atoms with van der Waals surface area (Å²) in [5.74, 6) is 1.71. The summed E-state index contributed by atoms with van der Waals surface area (Å²) in [7, 11) is 1.74. The lowest BCUT2D eigenvalue weighted by molar-refractivity contribution is 0.0144. The number of nitrogens with zero attached hydrogens (tertiary/aromatic N) is 1. The van der Waals surface area contributed by atoms with Crippen LogP contribution in [0.2, 0.25) is 0 Å². The van der Waals surface area contributed by atoms with Crippen molar-refractivity contribution in [3.05, 3.63) is 29.8 Å². The molecule has 3 unspecified atom stereocenters. The SMILES string of the molecule is COc1ccccc1CC(C)(CN)N1CCCC(C)C1C. The molecule has 1 fully saturated rings. The summed E-state index contributed by atoms with van der Waals surface area (Å²) in [6.07, 6.45) is 3.53. The highest BCUT2D eigenvalue weighted by molar-refractivity contribution is 5.34. The highest BCUT2D eigenvalue weighted by atomic mass is 16.5. The van der Waals surface area contributed by atoms with Crippen molar-refractivity contribution in [3.8, 4) is 5.75 Å². The fraction of sp³-hybridized carbons (Fsp3) is 0.667. The predicted molar refractivity (Wildman–Crippen MR) is 88.7 cm³/mol. The molecular formula is C18H30N2O. The third-order valence-electron chi connectivity index (χ3n) is 5.27. The Morgan fingerprint density at radius 2 is 2.05 bits per heavy atom. The summed E-state index contributed by atoms with van der Waals surface area (Å²) in [5.41, 5.74) is 7.44. The predicted octanol–water partition coefficient (Wildman–Crippen LogP) is 3.08. The number of piperidine rings is 1. The molecule has 0 radical (unpaired) electrons. The van der Waals surface area contributed by atoms with Gasteiger partial charge in [-0.25, -0.2) is 0 Å². The lowest BCUT2D eigenvalue weighted by Crippen LogP contribution is -2.59. The molecule has 1 aliphatic heterocycles. The van der Waals surface area contributed by atoms with E-state index < -0.39 is 0 Å². The summed E-state index contributed by atoms with van der Waals surface area (Å²) in [4.78, 5) is 2.62. The van der Waals surface area contributed by atoms with E-state index in [4.69, 9.17) is 10.5 Å². The fourth-order valence-corrected chi connectivity index (χ4v) is 3.65. The van der Waals surface area contributed by atoms with Crippen molar-refractivity contribution in [1.29, 1.82) is 0 Å². The summed E-state index contributed by atoms with van der Waals surface area (Å²) in [6, 6.07) is 8.88. The van der Waals surface area contributed by atoms with Crippen LogP contribution in [-0.2, 0) is 6.42 Å². The second-order valence-electron chi connectivity index (χ2n) is 6.74. The van der Waals surface area contributed by atoms with Crippen LogP contribution in [-0.4, -0.2) is 36.7 Å². The molecule has 3 atom stereocenters. The molecule has 0 amide bonds. The van der Waals surface area contributed by atoms with Gasteiger partial charge in [-0.3, -0.25) is 4.90 Å². The molecule has 2 rings (SSSR count). The molecule has 1 aliphatic rings. The monoisotopic (exact) mass is 290 g/mol. The molecule has 3 heteroatoms. The number of ether oxygens (including phenoxy) is 1. The normalized spacial score (nSPS) is 26.3. The zero-order valence-corrected chi connectivity index (χ0v) is 13.9. The topological polar surface area (TPSA) is 38.5 Å². The third-order valence-corrected chi connectivity index (χ3v) is 5.27. The molecule has 0 spiro atoms. The van der Waals surface area contributed by atoms with Crippen LogP contribution < -0.4 is 10.5 Å². The first kappa shape index (κ1) is 16.3. The smallest absolute Gasteiger partial charge is 0.122 e. The third kappa shape index (κ3) is 3.41.